The van der Waals surface area contributed by atoms with Gasteiger partial charge in [0.1, 0.15) is 5.75 Å². The molecular weight excluding hydrogens is 786 g/mol. The second kappa shape index (κ2) is 13.0. The molecule has 9 rings (SSSR count). The molecule has 0 bridgehead atoms. The molecule has 58 heavy (non-hydrogen) atoms. The summed E-state index contributed by atoms with van der Waals surface area (Å²) < 4.78 is 83.8. The molecular formula is C44H29ClF6N2O5. The van der Waals surface area contributed by atoms with Gasteiger partial charge in [0, 0.05) is 16.5 Å². The Kier molecular flexibility index (Phi) is 8.45. The minimum absolute atomic E-state index is 0.0822. The number of amides is 4. The number of fused-ring (bicyclic) bond motifs is 5. The zero-order valence-corrected chi connectivity index (χ0v) is 30.6. The van der Waals surface area contributed by atoms with Crippen LogP contribution in [-0.4, -0.2) is 28.7 Å². The van der Waals surface area contributed by atoms with E-state index in [2.05, 4.69) is 0 Å². The van der Waals surface area contributed by atoms with Crippen LogP contribution in [0, 0.1) is 23.7 Å². The lowest BCUT2D eigenvalue weighted by Crippen LogP contribution is -2.53. The summed E-state index contributed by atoms with van der Waals surface area (Å²) in [6.07, 6.45) is -9.17. The maximum atomic E-state index is 15.5. The number of imide groups is 2. The molecule has 0 aromatic heterocycles. The fourth-order valence-corrected chi connectivity index (χ4v) is 10.2. The Morgan fingerprint density at radius 3 is 2.02 bits per heavy atom. The number of hydrogen-bond acceptors (Lipinski definition) is 5. The Labute approximate surface area is 331 Å². The second-order valence-corrected chi connectivity index (χ2v) is 15.5. The van der Waals surface area contributed by atoms with E-state index in [-0.39, 0.29) is 40.9 Å². The van der Waals surface area contributed by atoms with Crippen molar-refractivity contribution in [3.63, 3.8) is 0 Å². The van der Waals surface area contributed by atoms with Crippen molar-refractivity contribution >= 4 is 57.4 Å². The van der Waals surface area contributed by atoms with Crippen LogP contribution in [0.3, 0.4) is 0 Å². The van der Waals surface area contributed by atoms with Gasteiger partial charge in [-0.05, 0) is 77.6 Å². The van der Waals surface area contributed by atoms with Gasteiger partial charge >= 0.3 is 12.4 Å². The highest BCUT2D eigenvalue weighted by atomic mass is 35.5. The summed E-state index contributed by atoms with van der Waals surface area (Å²) in [4.78, 5) is 60.8. The molecule has 0 radical (unpaired) electrons. The summed E-state index contributed by atoms with van der Waals surface area (Å²) >= 11 is 6.37. The highest BCUT2D eigenvalue weighted by Crippen LogP contribution is 2.66. The molecule has 2 heterocycles. The van der Waals surface area contributed by atoms with Crippen molar-refractivity contribution in [3.8, 4) is 5.75 Å². The van der Waals surface area contributed by atoms with Gasteiger partial charge in [-0.25, -0.2) is 9.80 Å². The third kappa shape index (κ3) is 5.42. The molecule has 1 saturated carbocycles. The van der Waals surface area contributed by atoms with Gasteiger partial charge in [0.15, 0.2) is 0 Å². The number of rotatable bonds is 4. The lowest BCUT2D eigenvalue weighted by Gasteiger charge is -2.51. The Morgan fingerprint density at radius 1 is 0.672 bits per heavy atom. The molecule has 4 amide bonds. The number of benzene rings is 5. The standard InChI is InChI=1S/C44H29ClF6N2O5/c45-26-10-6-11-27(20-26)53-39(56)33-21-32-30(14-15-31-35(32)40(57)52(38(31)55)28-18-24(43(46,47)48)17-25(19-28)44(49,50)51)37(42(33,41(53)58)23-8-2-1-3-9-23)36-29-12-5-4-7-22(29)13-16-34(36)54/h1-14,16-20,31-33,35,37,54H,15,21H2. The number of phenols is 1. The van der Waals surface area contributed by atoms with Crippen molar-refractivity contribution in [2.24, 2.45) is 23.7 Å². The lowest BCUT2D eigenvalue weighted by molar-refractivity contribution is -0.143. The van der Waals surface area contributed by atoms with Crippen LogP contribution in [0.2, 0.25) is 5.02 Å². The summed E-state index contributed by atoms with van der Waals surface area (Å²) in [5, 5.41) is 13.3. The van der Waals surface area contributed by atoms with Crippen LogP contribution in [0.5, 0.6) is 5.75 Å². The van der Waals surface area contributed by atoms with E-state index in [1.165, 1.54) is 12.1 Å². The molecule has 6 unspecified atom stereocenters. The molecule has 294 valence electrons. The number of phenolic OH excluding ortho intramolecular Hbond substituents is 1. The van der Waals surface area contributed by atoms with Gasteiger partial charge in [-0.3, -0.25) is 19.2 Å². The summed E-state index contributed by atoms with van der Waals surface area (Å²) in [6.45, 7) is 0. The van der Waals surface area contributed by atoms with Gasteiger partial charge < -0.3 is 5.11 Å². The van der Waals surface area contributed by atoms with Gasteiger partial charge in [-0.15, -0.1) is 0 Å². The highest BCUT2D eigenvalue weighted by Gasteiger charge is 2.70. The maximum Gasteiger partial charge on any atom is 0.416 e. The van der Waals surface area contributed by atoms with E-state index in [0.717, 1.165) is 4.90 Å². The van der Waals surface area contributed by atoms with Crippen molar-refractivity contribution in [1.29, 1.82) is 0 Å². The molecule has 2 saturated heterocycles. The first-order valence-corrected chi connectivity index (χ1v) is 18.7. The minimum Gasteiger partial charge on any atom is -0.508 e. The normalized spacial score (nSPS) is 25.8. The largest absolute Gasteiger partial charge is 0.508 e. The van der Waals surface area contributed by atoms with Crippen LogP contribution in [-0.2, 0) is 36.9 Å². The number of allylic oxidation sites excluding steroid dienone is 2. The van der Waals surface area contributed by atoms with Crippen molar-refractivity contribution in [2.45, 2.75) is 36.5 Å². The summed E-state index contributed by atoms with van der Waals surface area (Å²) in [5.74, 6) is -9.50. The second-order valence-electron chi connectivity index (χ2n) is 15.1. The van der Waals surface area contributed by atoms with E-state index < -0.39 is 87.8 Å². The SMILES string of the molecule is O=C1C2CC=C3C(CC4C(=O)N(c5cccc(Cl)c5)C(=O)C4(c4ccccc4)C3c3c(O)ccc4ccccc34)C2C(=O)N1c1cc(C(F)(F)F)cc(C(F)(F)F)c1. The number of halogens is 7. The number of carbonyl (C=O) groups excluding carboxylic acids is 4. The first kappa shape index (κ1) is 37.6. The van der Waals surface area contributed by atoms with Crippen LogP contribution >= 0.6 is 11.6 Å². The molecule has 2 aliphatic heterocycles. The van der Waals surface area contributed by atoms with Crippen LogP contribution in [0.15, 0.2) is 121 Å². The van der Waals surface area contributed by atoms with E-state index in [1.54, 1.807) is 84.9 Å². The molecule has 5 aromatic rings. The summed E-state index contributed by atoms with van der Waals surface area (Å²) in [7, 11) is 0. The Morgan fingerprint density at radius 2 is 1.34 bits per heavy atom. The zero-order valence-electron chi connectivity index (χ0n) is 29.9. The van der Waals surface area contributed by atoms with E-state index in [1.807, 2.05) is 0 Å². The molecule has 2 aliphatic carbocycles. The molecule has 0 spiro atoms. The number of carbonyl (C=O) groups is 4. The first-order valence-electron chi connectivity index (χ1n) is 18.3. The number of nitrogens with zero attached hydrogens (tertiary/aromatic N) is 2. The fraction of sp³-hybridized carbons (Fsp3) is 0.227. The van der Waals surface area contributed by atoms with Gasteiger partial charge in [0.05, 0.1) is 45.7 Å². The number of alkyl halides is 6. The van der Waals surface area contributed by atoms with Crippen LogP contribution < -0.4 is 9.80 Å². The van der Waals surface area contributed by atoms with Crippen LogP contribution in [0.25, 0.3) is 10.8 Å². The predicted molar refractivity (Wildman–Crippen MR) is 201 cm³/mol. The number of aromatic hydroxyl groups is 1. The van der Waals surface area contributed by atoms with Gasteiger partial charge in [-0.1, -0.05) is 90.0 Å². The highest BCUT2D eigenvalue weighted by molar-refractivity contribution is 6.32. The summed E-state index contributed by atoms with van der Waals surface area (Å²) in [5.41, 5.74) is -4.72. The van der Waals surface area contributed by atoms with Crippen LogP contribution in [0.4, 0.5) is 37.7 Å². The van der Waals surface area contributed by atoms with Gasteiger partial charge in [0.25, 0.3) is 0 Å². The van der Waals surface area contributed by atoms with Crippen molar-refractivity contribution < 1.29 is 50.6 Å². The first-order chi connectivity index (χ1) is 27.5. The summed E-state index contributed by atoms with van der Waals surface area (Å²) in [6, 6.07) is 25.6. The third-order valence-corrected chi connectivity index (χ3v) is 12.5. The van der Waals surface area contributed by atoms with Gasteiger partial charge in [0.2, 0.25) is 23.6 Å². The van der Waals surface area contributed by atoms with Crippen molar-refractivity contribution in [3.05, 3.63) is 148 Å². The molecule has 7 nitrogen and oxygen atoms in total. The van der Waals surface area contributed by atoms with Crippen LogP contribution in [0.1, 0.15) is 41.0 Å². The van der Waals surface area contributed by atoms with E-state index in [0.29, 0.717) is 38.9 Å². The van der Waals surface area contributed by atoms with E-state index >= 15 is 9.59 Å². The Bertz CT molecular complexity index is 2590. The quantitative estimate of drug-likeness (QED) is 0.111. The van der Waals surface area contributed by atoms with Gasteiger partial charge in [-0.2, -0.15) is 26.3 Å². The smallest absolute Gasteiger partial charge is 0.416 e. The van der Waals surface area contributed by atoms with E-state index in [9.17, 15) is 41.0 Å². The average Bonchev–Trinajstić information content (AvgIpc) is 3.58. The molecule has 6 atom stereocenters. The number of hydrogen-bond donors (Lipinski definition) is 1. The molecule has 5 aromatic carbocycles. The minimum atomic E-state index is -5.24. The van der Waals surface area contributed by atoms with E-state index in [4.69, 9.17) is 11.6 Å². The lowest BCUT2D eigenvalue weighted by atomic mass is 9.48. The zero-order chi connectivity index (χ0) is 41.1. The maximum absolute atomic E-state index is 15.5. The van der Waals surface area contributed by atoms with Crippen molar-refractivity contribution in [2.75, 3.05) is 9.80 Å². The average molecular weight is 815 g/mol. The predicted octanol–water partition coefficient (Wildman–Crippen LogP) is 9.60. The topological polar surface area (TPSA) is 95.0 Å². The Balaban J connectivity index is 1.28. The monoisotopic (exact) mass is 814 g/mol. The van der Waals surface area contributed by atoms with Crippen molar-refractivity contribution in [1.82, 2.24) is 0 Å². The molecule has 3 fully saturated rings. The molecule has 1 N–H and O–H groups in total. The Hall–Kier alpha value is -5.95. The molecule has 14 heteroatoms. The molecule has 4 aliphatic rings. The third-order valence-electron chi connectivity index (χ3n) is 12.2. The fourth-order valence-electron chi connectivity index (χ4n) is 9.97. The number of anilines is 2.